The first-order valence-corrected chi connectivity index (χ1v) is 12.5. The lowest BCUT2D eigenvalue weighted by molar-refractivity contribution is -0.150. The molecule has 0 bridgehead atoms. The van der Waals surface area contributed by atoms with Crippen LogP contribution >= 0.6 is 0 Å². The van der Waals surface area contributed by atoms with Crippen LogP contribution in [0.4, 0.5) is 10.1 Å². The minimum absolute atomic E-state index is 0.0518. The first kappa shape index (κ1) is 24.0. The molecule has 0 spiro atoms. The van der Waals surface area contributed by atoms with Gasteiger partial charge in [0.15, 0.2) is 6.10 Å². The van der Waals surface area contributed by atoms with Gasteiger partial charge >= 0.3 is 5.97 Å². The number of ketones is 1. The van der Waals surface area contributed by atoms with Crippen LogP contribution in [0.1, 0.15) is 42.6 Å². The monoisotopic (exact) mass is 488 g/mol. The first-order chi connectivity index (χ1) is 16.1. The molecular formula is C24H25FN2O6S. The van der Waals surface area contributed by atoms with Crippen LogP contribution in [-0.4, -0.2) is 55.6 Å². The van der Waals surface area contributed by atoms with E-state index in [-0.39, 0.29) is 18.9 Å². The smallest absolute Gasteiger partial charge is 0.325 e. The predicted molar refractivity (Wildman–Crippen MR) is 121 cm³/mol. The number of benzene rings is 2. The summed E-state index contributed by atoms with van der Waals surface area (Å²) in [5.41, 5.74) is 1.96. The van der Waals surface area contributed by atoms with Gasteiger partial charge in [-0.1, -0.05) is 12.1 Å². The Hall–Kier alpha value is -3.11. The van der Waals surface area contributed by atoms with Crippen LogP contribution in [-0.2, 0) is 30.8 Å². The number of esters is 1. The third-order valence-electron chi connectivity index (χ3n) is 6.20. The molecule has 0 aliphatic carbocycles. The Kier molecular flexibility index (Phi) is 6.55. The van der Waals surface area contributed by atoms with Crippen molar-refractivity contribution in [2.24, 2.45) is 0 Å². The van der Waals surface area contributed by atoms with E-state index < -0.39 is 44.6 Å². The fourth-order valence-electron chi connectivity index (χ4n) is 4.47. The number of rotatable bonds is 6. The van der Waals surface area contributed by atoms with Crippen LogP contribution < -0.4 is 4.90 Å². The number of nitrogens with zero attached hydrogens (tertiary/aromatic N) is 2. The van der Waals surface area contributed by atoms with E-state index in [9.17, 15) is 27.2 Å². The standard InChI is InChI=1S/C24H25FN2O6S/c1-15(23(29)18-9-10-20-17(14-18)11-13-26(20)16(2)28)33-24(30)21-7-5-12-27(21)34(31,32)22-8-4-3-6-19(22)25/h3-4,6,8-10,14-15,21H,5,7,11-13H2,1-2H3/t15?,21-/m0/s1. The first-order valence-electron chi connectivity index (χ1n) is 11.0. The van der Waals surface area contributed by atoms with Gasteiger partial charge in [-0.3, -0.25) is 14.4 Å². The molecule has 2 aromatic carbocycles. The van der Waals surface area contributed by atoms with Crippen LogP contribution in [0.15, 0.2) is 47.4 Å². The fourth-order valence-corrected chi connectivity index (χ4v) is 6.18. The Bertz CT molecular complexity index is 1260. The molecule has 34 heavy (non-hydrogen) atoms. The third-order valence-corrected chi connectivity index (χ3v) is 8.14. The molecule has 1 saturated heterocycles. The quantitative estimate of drug-likeness (QED) is 0.458. The van der Waals surface area contributed by atoms with E-state index in [4.69, 9.17) is 4.74 Å². The van der Waals surface area contributed by atoms with Gasteiger partial charge in [-0.2, -0.15) is 4.31 Å². The summed E-state index contributed by atoms with van der Waals surface area (Å²) in [5.74, 6) is -2.25. The number of ether oxygens (including phenoxy) is 1. The lowest BCUT2D eigenvalue weighted by Gasteiger charge is -2.24. The van der Waals surface area contributed by atoms with Gasteiger partial charge in [0.2, 0.25) is 21.7 Å². The molecule has 1 fully saturated rings. The number of carbonyl (C=O) groups excluding carboxylic acids is 3. The van der Waals surface area contributed by atoms with Crippen molar-refractivity contribution >= 4 is 33.4 Å². The minimum Gasteiger partial charge on any atom is -0.453 e. The third kappa shape index (κ3) is 4.35. The maximum absolute atomic E-state index is 14.1. The molecule has 2 aromatic rings. The van der Waals surface area contributed by atoms with Gasteiger partial charge in [-0.05, 0) is 62.1 Å². The molecule has 1 unspecified atom stereocenters. The van der Waals surface area contributed by atoms with Gasteiger partial charge in [0.05, 0.1) is 0 Å². The Labute approximate surface area is 197 Å². The van der Waals surface area contributed by atoms with E-state index in [1.54, 1.807) is 23.1 Å². The van der Waals surface area contributed by atoms with Crippen LogP contribution in [0.5, 0.6) is 0 Å². The summed E-state index contributed by atoms with van der Waals surface area (Å²) in [6.45, 7) is 3.51. The summed E-state index contributed by atoms with van der Waals surface area (Å²) in [4.78, 5) is 38.6. The second kappa shape index (κ2) is 9.27. The maximum atomic E-state index is 14.1. The number of fused-ring (bicyclic) bond motifs is 1. The highest BCUT2D eigenvalue weighted by atomic mass is 32.2. The van der Waals surface area contributed by atoms with Gasteiger partial charge in [0.25, 0.3) is 0 Å². The second-order valence-electron chi connectivity index (χ2n) is 8.41. The molecule has 2 atom stereocenters. The highest BCUT2D eigenvalue weighted by Crippen LogP contribution is 2.30. The van der Waals surface area contributed by atoms with Crippen molar-refractivity contribution in [3.8, 4) is 0 Å². The summed E-state index contributed by atoms with van der Waals surface area (Å²) in [7, 11) is -4.25. The number of carbonyl (C=O) groups is 3. The van der Waals surface area contributed by atoms with Crippen molar-refractivity contribution in [2.75, 3.05) is 18.0 Å². The molecule has 2 heterocycles. The van der Waals surface area contributed by atoms with Crippen molar-refractivity contribution in [2.45, 2.75) is 50.2 Å². The molecule has 0 aromatic heterocycles. The Morgan fingerprint density at radius 3 is 2.56 bits per heavy atom. The Morgan fingerprint density at radius 2 is 1.85 bits per heavy atom. The average Bonchev–Trinajstić information content (AvgIpc) is 3.46. The van der Waals surface area contributed by atoms with Crippen LogP contribution in [0.2, 0.25) is 0 Å². The number of halogens is 1. The number of hydrogen-bond acceptors (Lipinski definition) is 6. The summed E-state index contributed by atoms with van der Waals surface area (Å²) < 4.78 is 46.4. The van der Waals surface area contributed by atoms with Crippen LogP contribution in [0.25, 0.3) is 0 Å². The zero-order chi connectivity index (χ0) is 24.6. The van der Waals surface area contributed by atoms with Gasteiger partial charge in [-0.15, -0.1) is 0 Å². The second-order valence-corrected chi connectivity index (χ2v) is 10.3. The van der Waals surface area contributed by atoms with E-state index in [2.05, 4.69) is 0 Å². The lowest BCUT2D eigenvalue weighted by atomic mass is 10.0. The molecule has 1 amide bonds. The van der Waals surface area contributed by atoms with Gasteiger partial charge < -0.3 is 9.64 Å². The van der Waals surface area contributed by atoms with Crippen molar-refractivity contribution < 1.29 is 31.9 Å². The molecular weight excluding hydrogens is 463 g/mol. The number of anilines is 1. The van der Waals surface area contributed by atoms with Gasteiger partial charge in [0.1, 0.15) is 16.8 Å². The van der Waals surface area contributed by atoms with Crippen molar-refractivity contribution in [1.29, 1.82) is 0 Å². The zero-order valence-corrected chi connectivity index (χ0v) is 19.7. The topological polar surface area (TPSA) is 101 Å². The van der Waals surface area contributed by atoms with Crippen molar-refractivity contribution in [3.05, 3.63) is 59.4 Å². The minimum atomic E-state index is -4.25. The summed E-state index contributed by atoms with van der Waals surface area (Å²) in [5, 5.41) is 0. The van der Waals surface area contributed by atoms with Gasteiger partial charge in [0, 0.05) is 31.3 Å². The fraction of sp³-hybridized carbons (Fsp3) is 0.375. The number of amides is 1. The number of sulfonamides is 1. The molecule has 8 nitrogen and oxygen atoms in total. The normalized spacial score (nSPS) is 19.0. The molecule has 0 N–H and O–H groups in total. The molecule has 0 radical (unpaired) electrons. The number of hydrogen-bond donors (Lipinski definition) is 0. The highest BCUT2D eigenvalue weighted by Gasteiger charge is 2.42. The van der Waals surface area contributed by atoms with E-state index >= 15 is 0 Å². The van der Waals surface area contributed by atoms with E-state index in [0.29, 0.717) is 24.9 Å². The zero-order valence-electron chi connectivity index (χ0n) is 18.9. The lowest BCUT2D eigenvalue weighted by Crippen LogP contribution is -2.43. The highest BCUT2D eigenvalue weighted by molar-refractivity contribution is 7.89. The predicted octanol–water partition coefficient (Wildman–Crippen LogP) is 2.70. The molecule has 180 valence electrons. The summed E-state index contributed by atoms with van der Waals surface area (Å²) in [6.07, 6.45) is 0.102. The van der Waals surface area contributed by atoms with Crippen LogP contribution in [0, 0.1) is 5.82 Å². The van der Waals surface area contributed by atoms with Gasteiger partial charge in [-0.25, -0.2) is 12.8 Å². The molecule has 4 rings (SSSR count). The summed E-state index contributed by atoms with van der Waals surface area (Å²) >= 11 is 0. The van der Waals surface area contributed by atoms with Crippen molar-refractivity contribution in [1.82, 2.24) is 4.31 Å². The van der Waals surface area contributed by atoms with Crippen molar-refractivity contribution in [3.63, 3.8) is 0 Å². The SMILES string of the molecule is CC(=O)N1CCc2cc(C(=O)C(C)OC(=O)[C@@H]3CCCN3S(=O)(=O)c3ccccc3F)ccc21. The molecule has 0 saturated carbocycles. The van der Waals surface area contributed by atoms with E-state index in [1.165, 1.54) is 26.0 Å². The molecule has 10 heteroatoms. The summed E-state index contributed by atoms with van der Waals surface area (Å²) in [6, 6.07) is 8.82. The molecule has 2 aliphatic rings. The largest absolute Gasteiger partial charge is 0.453 e. The van der Waals surface area contributed by atoms with Crippen LogP contribution in [0.3, 0.4) is 0 Å². The van der Waals surface area contributed by atoms with E-state index in [0.717, 1.165) is 27.7 Å². The average molecular weight is 489 g/mol. The molecule has 2 aliphatic heterocycles. The van der Waals surface area contributed by atoms with E-state index in [1.807, 2.05) is 0 Å². The number of Topliss-reactive ketones (excluding diaryl/α,β-unsaturated/α-hetero) is 1. The Morgan fingerprint density at radius 1 is 1.12 bits per heavy atom. The maximum Gasteiger partial charge on any atom is 0.325 e. The Balaban J connectivity index is 1.48.